The van der Waals surface area contributed by atoms with Crippen LogP contribution in [0.4, 0.5) is 61.5 Å². The Labute approximate surface area is 230 Å². The van der Waals surface area contributed by atoms with Crippen molar-refractivity contribution in [3.63, 3.8) is 0 Å². The van der Waals surface area contributed by atoms with Gasteiger partial charge in [-0.1, -0.05) is 11.8 Å². The molecular formula is C26H10F14O3. The summed E-state index contributed by atoms with van der Waals surface area (Å²) < 4.78 is 196. The molecule has 0 aliphatic heterocycles. The van der Waals surface area contributed by atoms with Crippen molar-refractivity contribution < 1.29 is 75.7 Å². The maximum Gasteiger partial charge on any atom is 0.381 e. The van der Waals surface area contributed by atoms with E-state index in [9.17, 15) is 66.3 Å². The molecule has 0 radical (unpaired) electrons. The summed E-state index contributed by atoms with van der Waals surface area (Å²) >= 11 is 0. The summed E-state index contributed by atoms with van der Waals surface area (Å²) in [6.45, 7) is -3.11. The molecule has 0 aromatic heterocycles. The average molecular weight is 636 g/mol. The van der Waals surface area contributed by atoms with Crippen molar-refractivity contribution in [2.45, 2.75) is 24.2 Å². The van der Waals surface area contributed by atoms with Crippen LogP contribution >= 0.6 is 0 Å². The Bertz CT molecular complexity index is 1540. The Kier molecular flexibility index (Phi) is 9.23. The number of carbonyl (C=O) groups is 1. The SMILES string of the molecule is O=C(Oc1ccc(C#Cc2c(F)c(F)c(OCC(F)(F)C(F)(F)C(F)(F)C(F)F)c(F)c2F)cc1)c1cc(F)cc(F)c1. The number of rotatable bonds is 8. The molecule has 0 aliphatic rings. The van der Waals surface area contributed by atoms with Gasteiger partial charge in [0.1, 0.15) is 22.9 Å². The van der Waals surface area contributed by atoms with Gasteiger partial charge >= 0.3 is 30.2 Å². The summed E-state index contributed by atoms with van der Waals surface area (Å²) in [5.74, 6) is -32.0. The number of hydrogen-bond donors (Lipinski definition) is 0. The molecule has 0 heterocycles. The normalized spacial score (nSPS) is 12.2. The van der Waals surface area contributed by atoms with E-state index in [4.69, 9.17) is 4.74 Å². The summed E-state index contributed by atoms with van der Waals surface area (Å²) in [4.78, 5) is 12.0. The van der Waals surface area contributed by atoms with Crippen molar-refractivity contribution in [1.82, 2.24) is 0 Å². The van der Waals surface area contributed by atoms with Gasteiger partial charge in [0, 0.05) is 11.6 Å². The zero-order chi connectivity index (χ0) is 32.5. The van der Waals surface area contributed by atoms with Crippen molar-refractivity contribution in [3.05, 3.63) is 94.1 Å². The Morgan fingerprint density at radius 1 is 0.744 bits per heavy atom. The quantitative estimate of drug-likeness (QED) is 0.0837. The van der Waals surface area contributed by atoms with E-state index in [0.29, 0.717) is 18.2 Å². The summed E-state index contributed by atoms with van der Waals surface area (Å²) in [6, 6.07) is 6.01. The number of hydrogen-bond acceptors (Lipinski definition) is 3. The fraction of sp³-hybridized carbons (Fsp3) is 0.192. The van der Waals surface area contributed by atoms with Crippen molar-refractivity contribution >= 4 is 5.97 Å². The first-order valence-electron chi connectivity index (χ1n) is 11.0. The van der Waals surface area contributed by atoms with Crippen molar-refractivity contribution in [2.75, 3.05) is 6.61 Å². The minimum atomic E-state index is -6.82. The second-order valence-corrected chi connectivity index (χ2v) is 8.27. The molecule has 0 fully saturated rings. The second-order valence-electron chi connectivity index (χ2n) is 8.27. The predicted molar refractivity (Wildman–Crippen MR) is 116 cm³/mol. The lowest BCUT2D eigenvalue weighted by Crippen LogP contribution is -2.59. The Hall–Kier alpha value is -4.49. The van der Waals surface area contributed by atoms with E-state index in [2.05, 4.69) is 4.74 Å². The Morgan fingerprint density at radius 2 is 1.26 bits per heavy atom. The fourth-order valence-electron chi connectivity index (χ4n) is 3.06. The molecule has 0 unspecified atom stereocenters. The second kappa shape index (κ2) is 12.0. The highest BCUT2D eigenvalue weighted by Crippen LogP contribution is 2.48. The molecule has 230 valence electrons. The molecule has 3 aromatic carbocycles. The molecule has 0 saturated carbocycles. The molecule has 3 rings (SSSR count). The predicted octanol–water partition coefficient (Wildman–Crippen LogP) is 7.69. The van der Waals surface area contributed by atoms with Crippen LogP contribution in [0.5, 0.6) is 11.5 Å². The van der Waals surface area contributed by atoms with Crippen LogP contribution in [-0.4, -0.2) is 36.8 Å². The van der Waals surface area contributed by atoms with Gasteiger partial charge in [0.15, 0.2) is 24.0 Å². The largest absolute Gasteiger partial charge is 0.481 e. The van der Waals surface area contributed by atoms with Gasteiger partial charge in [-0.25, -0.2) is 31.1 Å². The van der Waals surface area contributed by atoms with Crippen LogP contribution < -0.4 is 9.47 Å². The number of alkyl halides is 8. The van der Waals surface area contributed by atoms with Crippen molar-refractivity contribution in [1.29, 1.82) is 0 Å². The molecule has 43 heavy (non-hydrogen) atoms. The van der Waals surface area contributed by atoms with Gasteiger partial charge in [-0.05, 0) is 36.4 Å². The molecule has 0 atom stereocenters. The topological polar surface area (TPSA) is 35.5 Å². The number of esters is 1. The number of ether oxygens (including phenoxy) is 2. The van der Waals surface area contributed by atoms with E-state index in [1.807, 2.05) is 5.92 Å². The van der Waals surface area contributed by atoms with Crippen LogP contribution in [0.2, 0.25) is 0 Å². The minimum absolute atomic E-state index is 0.154. The van der Waals surface area contributed by atoms with Gasteiger partial charge in [0.25, 0.3) is 0 Å². The summed E-state index contributed by atoms with van der Waals surface area (Å²) in [5.41, 5.74) is -2.32. The van der Waals surface area contributed by atoms with Crippen LogP contribution in [0.25, 0.3) is 0 Å². The van der Waals surface area contributed by atoms with Crippen LogP contribution in [-0.2, 0) is 0 Å². The third kappa shape index (κ3) is 6.62. The smallest absolute Gasteiger partial charge is 0.381 e. The van der Waals surface area contributed by atoms with E-state index in [1.165, 1.54) is 0 Å². The monoisotopic (exact) mass is 636 g/mol. The summed E-state index contributed by atoms with van der Waals surface area (Å²) in [6.07, 6.45) is -5.30. The van der Waals surface area contributed by atoms with Gasteiger partial charge in [-0.2, -0.15) is 35.1 Å². The van der Waals surface area contributed by atoms with Gasteiger partial charge in [0.05, 0.1) is 5.56 Å². The van der Waals surface area contributed by atoms with E-state index < -0.39 is 88.5 Å². The van der Waals surface area contributed by atoms with Crippen LogP contribution in [0.15, 0.2) is 42.5 Å². The molecular weight excluding hydrogens is 626 g/mol. The highest BCUT2D eigenvalue weighted by atomic mass is 19.4. The number of halogens is 14. The molecule has 0 bridgehead atoms. The third-order valence-electron chi connectivity index (χ3n) is 5.27. The molecule has 3 aromatic rings. The lowest BCUT2D eigenvalue weighted by molar-refractivity contribution is -0.342. The van der Waals surface area contributed by atoms with Gasteiger partial charge in [0.2, 0.25) is 11.6 Å². The first-order chi connectivity index (χ1) is 19.8. The van der Waals surface area contributed by atoms with Crippen LogP contribution in [0.3, 0.4) is 0 Å². The molecule has 0 spiro atoms. The molecule has 0 N–H and O–H groups in total. The molecule has 0 aliphatic carbocycles. The number of carbonyl (C=O) groups excluding carboxylic acids is 1. The first kappa shape index (κ1) is 33.0. The number of benzene rings is 3. The van der Waals surface area contributed by atoms with Crippen molar-refractivity contribution in [2.24, 2.45) is 0 Å². The highest BCUT2D eigenvalue weighted by Gasteiger charge is 2.75. The summed E-state index contributed by atoms with van der Waals surface area (Å²) in [5, 5.41) is 0. The highest BCUT2D eigenvalue weighted by molar-refractivity contribution is 5.91. The zero-order valence-electron chi connectivity index (χ0n) is 20.3. The maximum atomic E-state index is 14.4. The van der Waals surface area contributed by atoms with E-state index in [1.54, 1.807) is 5.92 Å². The molecule has 0 saturated heterocycles. The van der Waals surface area contributed by atoms with Gasteiger partial charge < -0.3 is 9.47 Å². The van der Waals surface area contributed by atoms with E-state index in [-0.39, 0.29) is 11.3 Å². The third-order valence-corrected chi connectivity index (χ3v) is 5.27. The first-order valence-corrected chi connectivity index (χ1v) is 11.0. The molecule has 0 amide bonds. The fourth-order valence-corrected chi connectivity index (χ4v) is 3.06. The van der Waals surface area contributed by atoms with E-state index >= 15 is 0 Å². The summed E-state index contributed by atoms with van der Waals surface area (Å²) in [7, 11) is 0. The average Bonchev–Trinajstić information content (AvgIpc) is 2.91. The van der Waals surface area contributed by atoms with Crippen LogP contribution in [0, 0.1) is 46.7 Å². The van der Waals surface area contributed by atoms with Gasteiger partial charge in [-0.15, -0.1) is 0 Å². The van der Waals surface area contributed by atoms with Crippen LogP contribution in [0.1, 0.15) is 21.5 Å². The maximum absolute atomic E-state index is 14.4. The van der Waals surface area contributed by atoms with E-state index in [0.717, 1.165) is 24.3 Å². The Morgan fingerprint density at radius 3 is 1.74 bits per heavy atom. The Balaban J connectivity index is 1.81. The molecule has 3 nitrogen and oxygen atoms in total. The zero-order valence-corrected chi connectivity index (χ0v) is 20.3. The lowest BCUT2D eigenvalue weighted by Gasteiger charge is -2.32. The molecule has 17 heteroatoms. The standard InChI is InChI=1S/C26H10F14O3/c27-13-7-12(8-14(28)9-13)22(41)43-15-4-1-11(2-5-15)3-6-16-17(29)19(31)21(20(32)18(16)30)42-10-24(35,36)26(39,40)25(37,38)23(33)34/h1-2,4-5,7-9,23H,10H2. The minimum Gasteiger partial charge on any atom is -0.481 e. The lowest BCUT2D eigenvalue weighted by atomic mass is 10.1. The van der Waals surface area contributed by atoms with Gasteiger partial charge in [-0.3, -0.25) is 0 Å². The van der Waals surface area contributed by atoms with Crippen molar-refractivity contribution in [3.8, 4) is 23.3 Å².